The molecule has 76 valence electrons. The molecule has 0 bridgehead atoms. The summed E-state index contributed by atoms with van der Waals surface area (Å²) in [5.41, 5.74) is 6.78. The highest BCUT2D eigenvalue weighted by Gasteiger charge is 1.97. The molecule has 0 aliphatic rings. The van der Waals surface area contributed by atoms with E-state index in [1.54, 1.807) is 0 Å². The van der Waals surface area contributed by atoms with Crippen LogP contribution in [-0.2, 0) is 0 Å². The van der Waals surface area contributed by atoms with Crippen molar-refractivity contribution in [1.29, 1.82) is 0 Å². The van der Waals surface area contributed by atoms with Gasteiger partial charge < -0.3 is 5.73 Å². The predicted octanol–water partition coefficient (Wildman–Crippen LogP) is 2.52. The van der Waals surface area contributed by atoms with Crippen molar-refractivity contribution in [3.63, 3.8) is 0 Å². The minimum absolute atomic E-state index is 0.626. The van der Waals surface area contributed by atoms with Crippen LogP contribution in [0.4, 0.5) is 0 Å². The lowest BCUT2D eigenvalue weighted by Gasteiger charge is -2.02. The average Bonchev–Trinajstić information content (AvgIpc) is 2.20. The highest BCUT2D eigenvalue weighted by molar-refractivity contribution is 7.99. The Balaban J connectivity index is 2.77. The van der Waals surface area contributed by atoms with Crippen LogP contribution >= 0.6 is 11.8 Å². The summed E-state index contributed by atoms with van der Waals surface area (Å²) in [5, 5.41) is 0. The number of rotatable bonds is 4. The second-order valence-electron chi connectivity index (χ2n) is 2.82. The summed E-state index contributed by atoms with van der Waals surface area (Å²) in [6.45, 7) is 4.86. The van der Waals surface area contributed by atoms with Gasteiger partial charge in [0.2, 0.25) is 0 Å². The monoisotopic (exact) mass is 208 g/mol. The first-order valence-corrected chi connectivity index (χ1v) is 5.79. The van der Waals surface area contributed by atoms with Gasteiger partial charge in [-0.25, -0.2) is 0 Å². The maximum absolute atomic E-state index is 5.77. The summed E-state index contributed by atoms with van der Waals surface area (Å²) in [7, 11) is 0. The lowest BCUT2D eigenvalue weighted by Crippen LogP contribution is -2.13. The van der Waals surface area contributed by atoms with E-state index in [1.165, 1.54) is 4.90 Å². The Hall–Kier alpha value is -0.960. The van der Waals surface area contributed by atoms with E-state index in [-0.39, 0.29) is 0 Å². The van der Waals surface area contributed by atoms with Crippen LogP contribution in [0.3, 0.4) is 0 Å². The normalized spacial score (nSPS) is 11.7. The van der Waals surface area contributed by atoms with Gasteiger partial charge in [0.1, 0.15) is 5.84 Å². The van der Waals surface area contributed by atoms with E-state index in [2.05, 4.69) is 24.0 Å². The molecule has 0 radical (unpaired) electrons. The van der Waals surface area contributed by atoms with Gasteiger partial charge in [-0.15, -0.1) is 11.8 Å². The number of benzene rings is 1. The quantitative estimate of drug-likeness (QED) is 0.469. The molecule has 0 amide bonds. The summed E-state index contributed by atoms with van der Waals surface area (Å²) in [5.74, 6) is 1.72. The average molecular weight is 208 g/mol. The standard InChI is InChI=1S/C11H16N2S/c1-3-13-11(12)9-5-7-10(8-6-9)14-4-2/h5-8H,3-4H2,1-2H3,(H2,12,13). The first kappa shape index (κ1) is 11.1. The topological polar surface area (TPSA) is 38.4 Å². The van der Waals surface area contributed by atoms with Crippen molar-refractivity contribution < 1.29 is 0 Å². The van der Waals surface area contributed by atoms with Gasteiger partial charge in [-0.1, -0.05) is 19.1 Å². The van der Waals surface area contributed by atoms with Gasteiger partial charge in [0.05, 0.1) is 0 Å². The summed E-state index contributed by atoms with van der Waals surface area (Å²) < 4.78 is 0. The third-order valence-electron chi connectivity index (χ3n) is 1.79. The molecule has 1 aromatic rings. The zero-order chi connectivity index (χ0) is 10.4. The molecule has 2 nitrogen and oxygen atoms in total. The van der Waals surface area contributed by atoms with Crippen molar-refractivity contribution in [3.8, 4) is 0 Å². The van der Waals surface area contributed by atoms with E-state index < -0.39 is 0 Å². The summed E-state index contributed by atoms with van der Waals surface area (Å²) in [6, 6.07) is 8.21. The predicted molar refractivity (Wildman–Crippen MR) is 64.1 cm³/mol. The van der Waals surface area contributed by atoms with E-state index in [4.69, 9.17) is 5.73 Å². The molecular formula is C11H16N2S. The fraction of sp³-hybridized carbons (Fsp3) is 0.364. The number of nitrogens with two attached hydrogens (primary N) is 1. The summed E-state index contributed by atoms with van der Waals surface area (Å²) in [6.07, 6.45) is 0. The van der Waals surface area contributed by atoms with E-state index in [9.17, 15) is 0 Å². The van der Waals surface area contributed by atoms with Gasteiger partial charge in [0, 0.05) is 17.0 Å². The van der Waals surface area contributed by atoms with Crippen LogP contribution in [-0.4, -0.2) is 18.1 Å². The number of thioether (sulfide) groups is 1. The van der Waals surface area contributed by atoms with Gasteiger partial charge in [-0.3, -0.25) is 4.99 Å². The van der Waals surface area contributed by atoms with Crippen molar-refractivity contribution in [2.75, 3.05) is 12.3 Å². The van der Waals surface area contributed by atoms with Crippen molar-refractivity contribution in [1.82, 2.24) is 0 Å². The van der Waals surface area contributed by atoms with Gasteiger partial charge in [-0.2, -0.15) is 0 Å². The second kappa shape index (κ2) is 5.70. The Bertz CT molecular complexity index is 304. The Morgan fingerprint density at radius 1 is 1.29 bits per heavy atom. The SMILES string of the molecule is CCN=C(N)c1ccc(SCC)cc1. The van der Waals surface area contributed by atoms with Crippen LogP contribution in [0.5, 0.6) is 0 Å². The van der Waals surface area contributed by atoms with Crippen LogP contribution < -0.4 is 5.73 Å². The minimum Gasteiger partial charge on any atom is -0.384 e. The molecule has 0 atom stereocenters. The van der Waals surface area contributed by atoms with Crippen molar-refractivity contribution >= 4 is 17.6 Å². The largest absolute Gasteiger partial charge is 0.384 e. The van der Waals surface area contributed by atoms with Crippen LogP contribution in [0.1, 0.15) is 19.4 Å². The molecule has 0 fully saturated rings. The van der Waals surface area contributed by atoms with Gasteiger partial charge in [-0.05, 0) is 24.8 Å². The van der Waals surface area contributed by atoms with Gasteiger partial charge in [0.15, 0.2) is 0 Å². The zero-order valence-corrected chi connectivity index (χ0v) is 9.47. The molecule has 14 heavy (non-hydrogen) atoms. The number of aliphatic imine (C=N–C) groups is 1. The molecule has 2 N–H and O–H groups in total. The van der Waals surface area contributed by atoms with E-state index in [0.29, 0.717) is 5.84 Å². The number of nitrogens with zero attached hydrogens (tertiary/aromatic N) is 1. The van der Waals surface area contributed by atoms with Crippen molar-refractivity contribution in [2.24, 2.45) is 10.7 Å². The molecule has 1 rings (SSSR count). The highest BCUT2D eigenvalue weighted by atomic mass is 32.2. The van der Waals surface area contributed by atoms with Crippen molar-refractivity contribution in [3.05, 3.63) is 29.8 Å². The van der Waals surface area contributed by atoms with E-state index >= 15 is 0 Å². The first-order valence-electron chi connectivity index (χ1n) is 4.81. The first-order chi connectivity index (χ1) is 6.77. The second-order valence-corrected chi connectivity index (χ2v) is 4.15. The molecule has 0 aromatic heterocycles. The van der Waals surface area contributed by atoms with E-state index in [0.717, 1.165) is 17.9 Å². The van der Waals surface area contributed by atoms with Gasteiger partial charge >= 0.3 is 0 Å². The highest BCUT2D eigenvalue weighted by Crippen LogP contribution is 2.17. The fourth-order valence-electron chi connectivity index (χ4n) is 1.15. The molecule has 0 saturated carbocycles. The molecule has 0 saturated heterocycles. The fourth-order valence-corrected chi connectivity index (χ4v) is 1.81. The molecule has 0 heterocycles. The maximum atomic E-state index is 5.77. The molecule has 0 aliphatic heterocycles. The maximum Gasteiger partial charge on any atom is 0.125 e. The summed E-state index contributed by atoms with van der Waals surface area (Å²) in [4.78, 5) is 5.44. The van der Waals surface area contributed by atoms with Gasteiger partial charge in [0.25, 0.3) is 0 Å². The Kier molecular flexibility index (Phi) is 4.53. The lowest BCUT2D eigenvalue weighted by atomic mass is 10.2. The molecular weight excluding hydrogens is 192 g/mol. The molecule has 0 unspecified atom stereocenters. The summed E-state index contributed by atoms with van der Waals surface area (Å²) >= 11 is 1.83. The smallest absolute Gasteiger partial charge is 0.125 e. The third-order valence-corrected chi connectivity index (χ3v) is 2.68. The number of amidine groups is 1. The lowest BCUT2D eigenvalue weighted by molar-refractivity contribution is 1.12. The van der Waals surface area contributed by atoms with Crippen LogP contribution in [0.25, 0.3) is 0 Å². The molecule has 3 heteroatoms. The van der Waals surface area contributed by atoms with Crippen LogP contribution in [0, 0.1) is 0 Å². The molecule has 1 aromatic carbocycles. The number of hydrogen-bond donors (Lipinski definition) is 1. The Morgan fingerprint density at radius 2 is 1.93 bits per heavy atom. The molecule has 0 aliphatic carbocycles. The minimum atomic E-state index is 0.626. The Labute approximate surface area is 89.6 Å². The number of hydrogen-bond acceptors (Lipinski definition) is 2. The zero-order valence-electron chi connectivity index (χ0n) is 8.66. The van der Waals surface area contributed by atoms with Crippen LogP contribution in [0.15, 0.2) is 34.2 Å². The van der Waals surface area contributed by atoms with E-state index in [1.807, 2.05) is 30.8 Å². The molecule has 0 spiro atoms. The van der Waals surface area contributed by atoms with Crippen LogP contribution in [0.2, 0.25) is 0 Å². The Morgan fingerprint density at radius 3 is 2.43 bits per heavy atom. The van der Waals surface area contributed by atoms with Crippen molar-refractivity contribution in [2.45, 2.75) is 18.7 Å². The third kappa shape index (κ3) is 3.07.